The SMILES string of the molecule is CC(C)(C)OC(=O)N[C@@]1(CN)C[C@H]1S(=O)(=O)c1ccccc1. The van der Waals surface area contributed by atoms with Crippen molar-refractivity contribution in [2.45, 2.75) is 48.5 Å². The van der Waals surface area contributed by atoms with Crippen molar-refractivity contribution in [2.24, 2.45) is 5.73 Å². The van der Waals surface area contributed by atoms with E-state index in [4.69, 9.17) is 10.5 Å². The number of nitrogens with one attached hydrogen (secondary N) is 1. The van der Waals surface area contributed by atoms with Gasteiger partial charge in [-0.3, -0.25) is 0 Å². The Morgan fingerprint density at radius 2 is 1.95 bits per heavy atom. The van der Waals surface area contributed by atoms with Crippen molar-refractivity contribution in [1.82, 2.24) is 5.32 Å². The van der Waals surface area contributed by atoms with E-state index in [0.29, 0.717) is 6.42 Å². The number of carbonyl (C=O) groups excluding carboxylic acids is 1. The summed E-state index contributed by atoms with van der Waals surface area (Å²) < 4.78 is 30.4. The monoisotopic (exact) mass is 326 g/mol. The summed E-state index contributed by atoms with van der Waals surface area (Å²) in [5, 5.41) is 1.91. The zero-order valence-corrected chi connectivity index (χ0v) is 13.8. The van der Waals surface area contributed by atoms with Crippen LogP contribution in [0, 0.1) is 0 Å². The fourth-order valence-electron chi connectivity index (χ4n) is 2.36. The largest absolute Gasteiger partial charge is 0.444 e. The predicted octanol–water partition coefficient (Wildman–Crippen LogP) is 1.45. The maximum absolute atomic E-state index is 12.6. The van der Waals surface area contributed by atoms with E-state index in [9.17, 15) is 13.2 Å². The van der Waals surface area contributed by atoms with E-state index in [1.54, 1.807) is 51.1 Å². The van der Waals surface area contributed by atoms with Gasteiger partial charge < -0.3 is 15.8 Å². The number of ether oxygens (including phenoxy) is 1. The third-order valence-corrected chi connectivity index (χ3v) is 5.86. The Morgan fingerprint density at radius 3 is 2.45 bits per heavy atom. The normalized spacial score (nSPS) is 24.6. The lowest BCUT2D eigenvalue weighted by Crippen LogP contribution is -2.48. The maximum Gasteiger partial charge on any atom is 0.408 e. The van der Waals surface area contributed by atoms with Crippen molar-refractivity contribution in [2.75, 3.05) is 6.54 Å². The lowest BCUT2D eigenvalue weighted by Gasteiger charge is -2.23. The van der Waals surface area contributed by atoms with Gasteiger partial charge in [0.25, 0.3) is 0 Å². The number of carbonyl (C=O) groups is 1. The number of amides is 1. The number of alkyl carbamates (subject to hydrolysis) is 1. The molecule has 0 spiro atoms. The minimum Gasteiger partial charge on any atom is -0.444 e. The van der Waals surface area contributed by atoms with E-state index < -0.39 is 32.3 Å². The van der Waals surface area contributed by atoms with Crippen LogP contribution in [0.2, 0.25) is 0 Å². The van der Waals surface area contributed by atoms with Crippen LogP contribution in [-0.4, -0.2) is 37.4 Å². The molecule has 2 rings (SSSR count). The first-order valence-electron chi connectivity index (χ1n) is 7.11. The molecule has 2 atom stereocenters. The Bertz CT molecular complexity index is 652. The summed E-state index contributed by atoms with van der Waals surface area (Å²) in [5.74, 6) is 0. The van der Waals surface area contributed by atoms with Crippen LogP contribution in [0.5, 0.6) is 0 Å². The number of benzene rings is 1. The molecule has 0 aliphatic heterocycles. The molecule has 1 aromatic carbocycles. The predicted molar refractivity (Wildman–Crippen MR) is 83.2 cm³/mol. The lowest BCUT2D eigenvalue weighted by molar-refractivity contribution is 0.0499. The summed E-state index contributed by atoms with van der Waals surface area (Å²) in [5.41, 5.74) is 4.11. The van der Waals surface area contributed by atoms with Gasteiger partial charge in [-0.2, -0.15) is 0 Å². The van der Waals surface area contributed by atoms with Gasteiger partial charge in [0.05, 0.1) is 15.7 Å². The molecule has 22 heavy (non-hydrogen) atoms. The molecule has 1 aromatic rings. The molecule has 3 N–H and O–H groups in total. The van der Waals surface area contributed by atoms with Crippen molar-refractivity contribution < 1.29 is 17.9 Å². The molecule has 0 saturated heterocycles. The summed E-state index contributed by atoms with van der Waals surface area (Å²) in [6, 6.07) is 8.17. The van der Waals surface area contributed by atoms with Gasteiger partial charge in [-0.1, -0.05) is 18.2 Å². The van der Waals surface area contributed by atoms with Gasteiger partial charge in [-0.25, -0.2) is 13.2 Å². The molecular weight excluding hydrogens is 304 g/mol. The first-order chi connectivity index (χ1) is 10.1. The van der Waals surface area contributed by atoms with Crippen molar-refractivity contribution in [1.29, 1.82) is 0 Å². The molecule has 122 valence electrons. The molecule has 7 heteroatoms. The first-order valence-corrected chi connectivity index (χ1v) is 8.65. The molecule has 6 nitrogen and oxygen atoms in total. The van der Waals surface area contributed by atoms with E-state index in [1.807, 2.05) is 0 Å². The Kier molecular flexibility index (Phi) is 4.23. The average molecular weight is 326 g/mol. The number of sulfone groups is 1. The van der Waals surface area contributed by atoms with Gasteiger partial charge in [0, 0.05) is 6.54 Å². The summed E-state index contributed by atoms with van der Waals surface area (Å²) >= 11 is 0. The molecule has 0 bridgehead atoms. The topological polar surface area (TPSA) is 98.5 Å². The van der Waals surface area contributed by atoms with E-state index in [-0.39, 0.29) is 11.4 Å². The summed E-state index contributed by atoms with van der Waals surface area (Å²) in [6.45, 7) is 5.27. The summed E-state index contributed by atoms with van der Waals surface area (Å²) in [6.07, 6.45) is -0.358. The molecule has 0 radical (unpaired) electrons. The zero-order valence-electron chi connectivity index (χ0n) is 13.0. The van der Waals surface area contributed by atoms with Gasteiger partial charge in [0.15, 0.2) is 9.84 Å². The fraction of sp³-hybridized carbons (Fsp3) is 0.533. The van der Waals surface area contributed by atoms with Crippen LogP contribution in [0.3, 0.4) is 0 Å². The highest BCUT2D eigenvalue weighted by Gasteiger charge is 2.62. The van der Waals surface area contributed by atoms with Crippen molar-refractivity contribution >= 4 is 15.9 Å². The van der Waals surface area contributed by atoms with Crippen LogP contribution in [0.15, 0.2) is 35.2 Å². The highest BCUT2D eigenvalue weighted by Crippen LogP contribution is 2.44. The van der Waals surface area contributed by atoms with Crippen LogP contribution < -0.4 is 11.1 Å². The van der Waals surface area contributed by atoms with Crippen molar-refractivity contribution in [3.05, 3.63) is 30.3 Å². The molecule has 1 saturated carbocycles. The Balaban J connectivity index is 2.14. The standard InChI is InChI=1S/C15H22N2O4S/c1-14(2,3)21-13(18)17-15(10-16)9-12(15)22(19,20)11-7-5-4-6-8-11/h4-8,12H,9-10,16H2,1-3H3,(H,17,18)/t12-,15-/m1/s1. The Morgan fingerprint density at radius 1 is 1.36 bits per heavy atom. The first kappa shape index (κ1) is 16.8. The van der Waals surface area contributed by atoms with Gasteiger partial charge >= 0.3 is 6.09 Å². The summed E-state index contributed by atoms with van der Waals surface area (Å²) in [4.78, 5) is 12.1. The van der Waals surface area contributed by atoms with Crippen molar-refractivity contribution in [3.8, 4) is 0 Å². The molecular formula is C15H22N2O4S. The molecule has 1 amide bonds. The number of hydrogen-bond acceptors (Lipinski definition) is 5. The highest BCUT2D eigenvalue weighted by atomic mass is 32.2. The van der Waals surface area contributed by atoms with Crippen LogP contribution in [0.4, 0.5) is 4.79 Å². The minimum atomic E-state index is -3.53. The lowest BCUT2D eigenvalue weighted by atomic mass is 10.2. The van der Waals surface area contributed by atoms with Crippen LogP contribution in [0.1, 0.15) is 27.2 Å². The van der Waals surface area contributed by atoms with Crippen molar-refractivity contribution in [3.63, 3.8) is 0 Å². The zero-order chi connectivity index (χ0) is 16.6. The smallest absolute Gasteiger partial charge is 0.408 e. The number of nitrogens with two attached hydrogens (primary N) is 1. The number of rotatable bonds is 4. The van der Waals surface area contributed by atoms with Crippen LogP contribution >= 0.6 is 0 Å². The molecule has 0 aromatic heterocycles. The molecule has 0 heterocycles. The maximum atomic E-state index is 12.6. The van der Waals surface area contributed by atoms with E-state index in [1.165, 1.54) is 0 Å². The van der Waals surface area contributed by atoms with Gasteiger partial charge in [0.2, 0.25) is 0 Å². The third kappa shape index (κ3) is 3.41. The molecule has 0 unspecified atom stereocenters. The van der Waals surface area contributed by atoms with Gasteiger partial charge in [-0.05, 0) is 39.3 Å². The van der Waals surface area contributed by atoms with Gasteiger partial charge in [-0.15, -0.1) is 0 Å². The molecule has 1 aliphatic rings. The summed E-state index contributed by atoms with van der Waals surface area (Å²) in [7, 11) is -3.53. The fourth-order valence-corrected chi connectivity index (χ4v) is 4.49. The third-order valence-electron chi connectivity index (χ3n) is 3.57. The Labute approximate surface area is 131 Å². The van der Waals surface area contributed by atoms with E-state index in [2.05, 4.69) is 5.32 Å². The quantitative estimate of drug-likeness (QED) is 0.872. The minimum absolute atomic E-state index is 0.0446. The van der Waals surface area contributed by atoms with Crippen LogP contribution in [-0.2, 0) is 14.6 Å². The number of hydrogen-bond donors (Lipinski definition) is 2. The molecule has 1 fully saturated rings. The second-order valence-corrected chi connectivity index (χ2v) is 8.67. The second kappa shape index (κ2) is 5.55. The van der Waals surface area contributed by atoms with Crippen LogP contribution in [0.25, 0.3) is 0 Å². The van der Waals surface area contributed by atoms with E-state index in [0.717, 1.165) is 0 Å². The van der Waals surface area contributed by atoms with E-state index >= 15 is 0 Å². The second-order valence-electron chi connectivity index (χ2n) is 6.54. The highest BCUT2D eigenvalue weighted by molar-refractivity contribution is 7.92. The average Bonchev–Trinajstić information content (AvgIpc) is 3.13. The Hall–Kier alpha value is -1.60. The molecule has 1 aliphatic carbocycles. The van der Waals surface area contributed by atoms with Gasteiger partial charge in [0.1, 0.15) is 5.60 Å².